The highest BCUT2D eigenvalue weighted by Crippen LogP contribution is 2.56. The Kier molecular flexibility index (Phi) is 5.60. The Morgan fingerprint density at radius 2 is 1.96 bits per heavy atom. The molecular weight excluding hydrogens is 316 g/mol. The van der Waals surface area contributed by atoms with Crippen molar-refractivity contribution in [2.45, 2.75) is 90.4 Å². The summed E-state index contributed by atoms with van der Waals surface area (Å²) in [5.41, 5.74) is 1.50. The van der Waals surface area contributed by atoms with Gasteiger partial charge in [-0.3, -0.25) is 4.79 Å². The van der Waals surface area contributed by atoms with Crippen molar-refractivity contribution in [1.29, 1.82) is 0 Å². The lowest BCUT2D eigenvalue weighted by Crippen LogP contribution is -2.46. The van der Waals surface area contributed by atoms with Crippen molar-refractivity contribution < 1.29 is 19.7 Å². The molecule has 3 aliphatic carbocycles. The predicted molar refractivity (Wildman–Crippen MR) is 96.8 cm³/mol. The monoisotopic (exact) mass is 350 g/mol. The molecule has 142 valence electrons. The second-order valence-corrected chi connectivity index (χ2v) is 8.90. The van der Waals surface area contributed by atoms with Gasteiger partial charge < -0.3 is 14.9 Å². The summed E-state index contributed by atoms with van der Waals surface area (Å²) in [5, 5.41) is 20.5. The molecule has 0 spiro atoms. The minimum atomic E-state index is -0.313. The van der Waals surface area contributed by atoms with Crippen LogP contribution in [0.3, 0.4) is 0 Å². The molecule has 0 saturated heterocycles. The first-order valence-corrected chi connectivity index (χ1v) is 10.0. The third-order valence-corrected chi connectivity index (χ3v) is 7.29. The minimum Gasteiger partial charge on any atom is -0.462 e. The van der Waals surface area contributed by atoms with Crippen molar-refractivity contribution >= 4 is 5.97 Å². The van der Waals surface area contributed by atoms with Gasteiger partial charge in [-0.25, -0.2) is 0 Å². The van der Waals surface area contributed by atoms with E-state index in [4.69, 9.17) is 4.74 Å². The molecule has 0 aromatic carbocycles. The van der Waals surface area contributed by atoms with Crippen LogP contribution in [0.5, 0.6) is 0 Å². The van der Waals surface area contributed by atoms with E-state index in [9.17, 15) is 15.0 Å². The molecule has 0 aromatic heterocycles. The number of allylic oxidation sites excluding steroid dienone is 1. The fourth-order valence-corrected chi connectivity index (χ4v) is 5.64. The molecule has 0 amide bonds. The number of rotatable bonds is 1. The summed E-state index contributed by atoms with van der Waals surface area (Å²) in [6, 6.07) is 0. The second-order valence-electron chi connectivity index (χ2n) is 8.90. The van der Waals surface area contributed by atoms with E-state index < -0.39 is 0 Å². The van der Waals surface area contributed by atoms with Crippen molar-refractivity contribution in [2.24, 2.45) is 23.2 Å². The summed E-state index contributed by atoms with van der Waals surface area (Å²) in [6.07, 6.45) is 8.78. The quantitative estimate of drug-likeness (QED) is 0.560. The average Bonchev–Trinajstić information content (AvgIpc) is 2.60. The first-order valence-electron chi connectivity index (χ1n) is 10.0. The predicted octanol–water partition coefficient (Wildman–Crippen LogP) is 3.60. The van der Waals surface area contributed by atoms with Gasteiger partial charge in [-0.1, -0.05) is 25.5 Å². The van der Waals surface area contributed by atoms with E-state index in [1.807, 2.05) is 0 Å². The van der Waals surface area contributed by atoms with E-state index in [2.05, 4.69) is 19.9 Å². The average molecular weight is 350 g/mol. The van der Waals surface area contributed by atoms with Crippen LogP contribution in [0.4, 0.5) is 0 Å². The highest BCUT2D eigenvalue weighted by atomic mass is 16.5. The van der Waals surface area contributed by atoms with Crippen molar-refractivity contribution in [1.82, 2.24) is 0 Å². The van der Waals surface area contributed by atoms with Gasteiger partial charge >= 0.3 is 5.97 Å². The van der Waals surface area contributed by atoms with Gasteiger partial charge in [0, 0.05) is 12.8 Å². The van der Waals surface area contributed by atoms with Crippen molar-refractivity contribution in [3.63, 3.8) is 0 Å². The Hall–Kier alpha value is -0.870. The molecule has 0 heterocycles. The maximum Gasteiger partial charge on any atom is 0.302 e. The molecule has 2 fully saturated rings. The fraction of sp³-hybridized carbons (Fsp3) is 0.857. The summed E-state index contributed by atoms with van der Waals surface area (Å²) in [4.78, 5) is 11.7. The molecule has 2 N–H and O–H groups in total. The van der Waals surface area contributed by atoms with E-state index in [1.54, 1.807) is 0 Å². The third-order valence-electron chi connectivity index (χ3n) is 7.29. The number of carbonyl (C=O) groups excluding carboxylic acids is 1. The van der Waals surface area contributed by atoms with Crippen LogP contribution in [0.15, 0.2) is 11.6 Å². The Balaban J connectivity index is 1.93. The Morgan fingerprint density at radius 3 is 2.68 bits per heavy atom. The standard InChI is InChI=1S/C21H34O4/c1-13-4-7-18-17(20(25-14(2)22)9-8-19(13)24)6-5-15-12-16(23)10-11-21(15,18)3/h5,13,16-20,23-24H,4,6-12H2,1-3H3/t13-,16-,17+,18-,19+,20+,21-/m0/s1. The molecule has 4 nitrogen and oxygen atoms in total. The maximum atomic E-state index is 11.7. The number of ether oxygens (including phenoxy) is 1. The van der Waals surface area contributed by atoms with Crippen LogP contribution in [0.2, 0.25) is 0 Å². The largest absolute Gasteiger partial charge is 0.462 e. The smallest absolute Gasteiger partial charge is 0.302 e. The van der Waals surface area contributed by atoms with Gasteiger partial charge in [0.15, 0.2) is 0 Å². The summed E-state index contributed by atoms with van der Waals surface area (Å²) in [6.45, 7) is 5.98. The van der Waals surface area contributed by atoms with Gasteiger partial charge in [0.25, 0.3) is 0 Å². The molecule has 0 radical (unpaired) electrons. The number of aliphatic hydroxyl groups excluding tert-OH is 2. The Morgan fingerprint density at radius 1 is 1.20 bits per heavy atom. The van der Waals surface area contributed by atoms with Crippen LogP contribution in [-0.4, -0.2) is 34.5 Å². The number of esters is 1. The molecule has 3 rings (SSSR count). The van der Waals surface area contributed by atoms with E-state index in [-0.39, 0.29) is 35.6 Å². The van der Waals surface area contributed by atoms with Gasteiger partial charge in [-0.2, -0.15) is 0 Å². The first kappa shape index (κ1) is 18.9. The molecule has 0 aliphatic heterocycles. The lowest BCUT2D eigenvalue weighted by Gasteiger charge is -2.51. The summed E-state index contributed by atoms with van der Waals surface area (Å²) < 4.78 is 5.75. The molecule has 0 unspecified atom stereocenters. The third kappa shape index (κ3) is 3.80. The molecule has 25 heavy (non-hydrogen) atoms. The highest BCUT2D eigenvalue weighted by molar-refractivity contribution is 5.66. The Bertz CT molecular complexity index is 528. The number of hydrogen-bond acceptors (Lipinski definition) is 4. The number of fused-ring (bicyclic) bond motifs is 3. The molecule has 3 aliphatic rings. The van der Waals surface area contributed by atoms with Crippen LogP contribution < -0.4 is 0 Å². The lowest BCUT2D eigenvalue weighted by molar-refractivity contribution is -0.152. The zero-order chi connectivity index (χ0) is 18.2. The van der Waals surface area contributed by atoms with Gasteiger partial charge in [0.2, 0.25) is 0 Å². The fourth-order valence-electron chi connectivity index (χ4n) is 5.64. The van der Waals surface area contributed by atoms with Crippen LogP contribution in [0, 0.1) is 23.2 Å². The number of hydrogen-bond donors (Lipinski definition) is 2. The Labute approximate surface area is 151 Å². The van der Waals surface area contributed by atoms with E-state index in [1.165, 1.54) is 12.5 Å². The van der Waals surface area contributed by atoms with Crippen LogP contribution in [-0.2, 0) is 9.53 Å². The molecule has 0 bridgehead atoms. The van der Waals surface area contributed by atoms with E-state index in [0.717, 1.165) is 44.9 Å². The zero-order valence-corrected chi connectivity index (χ0v) is 15.9. The first-order chi connectivity index (χ1) is 11.8. The molecule has 0 aromatic rings. The normalized spacial score (nSPS) is 45.1. The van der Waals surface area contributed by atoms with Gasteiger partial charge in [0.1, 0.15) is 6.10 Å². The molecule has 7 atom stereocenters. The van der Waals surface area contributed by atoms with Gasteiger partial charge in [0.05, 0.1) is 12.2 Å². The number of aliphatic hydroxyl groups is 2. The summed E-state index contributed by atoms with van der Waals surface area (Å²) >= 11 is 0. The topological polar surface area (TPSA) is 66.8 Å². The minimum absolute atomic E-state index is 0.0928. The molecule has 2 saturated carbocycles. The van der Waals surface area contributed by atoms with Crippen molar-refractivity contribution in [3.05, 3.63) is 11.6 Å². The summed E-state index contributed by atoms with van der Waals surface area (Å²) in [5.74, 6) is 0.843. The van der Waals surface area contributed by atoms with Crippen molar-refractivity contribution in [2.75, 3.05) is 0 Å². The van der Waals surface area contributed by atoms with E-state index >= 15 is 0 Å². The van der Waals surface area contributed by atoms with Crippen LogP contribution in [0.1, 0.15) is 72.1 Å². The SMILES string of the molecule is CC(=O)O[C@@H]1CC[C@@H](O)[C@@H](C)CC[C@H]2[C@H]1CC=C1C[C@@H](O)CC[C@@]12C. The van der Waals surface area contributed by atoms with Gasteiger partial charge in [-0.05, 0) is 68.6 Å². The summed E-state index contributed by atoms with van der Waals surface area (Å²) in [7, 11) is 0. The van der Waals surface area contributed by atoms with E-state index in [0.29, 0.717) is 18.3 Å². The number of carbonyl (C=O) groups is 1. The van der Waals surface area contributed by atoms with Crippen LogP contribution >= 0.6 is 0 Å². The van der Waals surface area contributed by atoms with Crippen molar-refractivity contribution in [3.8, 4) is 0 Å². The molecular formula is C21H34O4. The zero-order valence-electron chi connectivity index (χ0n) is 15.9. The highest BCUT2D eigenvalue weighted by Gasteiger charge is 2.49. The second kappa shape index (κ2) is 7.40. The maximum absolute atomic E-state index is 11.7. The van der Waals surface area contributed by atoms with Gasteiger partial charge in [-0.15, -0.1) is 0 Å². The van der Waals surface area contributed by atoms with Crippen LogP contribution in [0.25, 0.3) is 0 Å². The lowest BCUT2D eigenvalue weighted by atomic mass is 9.54. The molecule has 4 heteroatoms.